The first-order valence-electron chi connectivity index (χ1n) is 10.3. The molecule has 29 heavy (non-hydrogen) atoms. The highest BCUT2D eigenvalue weighted by molar-refractivity contribution is 7.89. The van der Waals surface area contributed by atoms with Crippen molar-refractivity contribution in [2.24, 2.45) is 17.8 Å². The molecule has 0 aliphatic heterocycles. The van der Waals surface area contributed by atoms with Gasteiger partial charge >= 0.3 is 0 Å². The smallest absolute Gasteiger partial charge is 0.207 e. The van der Waals surface area contributed by atoms with Crippen molar-refractivity contribution in [1.82, 2.24) is 4.72 Å². The Morgan fingerprint density at radius 2 is 1.59 bits per heavy atom. The quantitative estimate of drug-likeness (QED) is 0.612. The van der Waals surface area contributed by atoms with Gasteiger partial charge in [-0.2, -0.15) is 0 Å². The van der Waals surface area contributed by atoms with Crippen LogP contribution in [0.4, 0.5) is 0 Å². The average molecular weight is 450 g/mol. The van der Waals surface area contributed by atoms with Crippen molar-refractivity contribution >= 4 is 33.2 Å². The summed E-state index contributed by atoms with van der Waals surface area (Å²) in [5.74, 6) is 0.902. The molecule has 154 valence electrons. The van der Waals surface area contributed by atoms with Gasteiger partial charge < -0.3 is 0 Å². The first kappa shape index (κ1) is 19.9. The van der Waals surface area contributed by atoms with E-state index in [1.54, 1.807) is 24.3 Å². The molecule has 0 heterocycles. The van der Waals surface area contributed by atoms with Crippen LogP contribution in [-0.4, -0.2) is 18.2 Å². The summed E-state index contributed by atoms with van der Waals surface area (Å²) in [5, 5.41) is 0. The van der Waals surface area contributed by atoms with Gasteiger partial charge in [0.25, 0.3) is 0 Å². The minimum absolute atomic E-state index is 0.0217. The Bertz CT molecular complexity index is 1000. The third kappa shape index (κ3) is 3.52. The van der Waals surface area contributed by atoms with Gasteiger partial charge in [0, 0.05) is 10.8 Å². The zero-order chi connectivity index (χ0) is 20.3. The molecule has 0 radical (unpaired) electrons. The van der Waals surface area contributed by atoms with Gasteiger partial charge in [-0.3, -0.25) is 0 Å². The van der Waals surface area contributed by atoms with E-state index < -0.39 is 14.9 Å². The number of halogens is 2. The van der Waals surface area contributed by atoms with Crippen LogP contribution in [-0.2, 0) is 10.0 Å². The van der Waals surface area contributed by atoms with Crippen LogP contribution in [0.15, 0.2) is 65.6 Å². The average Bonchev–Trinajstić information content (AvgIpc) is 2.66. The number of benzene rings is 2. The van der Waals surface area contributed by atoms with Crippen molar-refractivity contribution in [2.45, 2.75) is 52.8 Å². The first-order chi connectivity index (χ1) is 13.8. The molecule has 4 aliphatic rings. The van der Waals surface area contributed by atoms with E-state index in [-0.39, 0.29) is 21.7 Å². The molecule has 4 bridgehead atoms. The second kappa shape index (κ2) is 6.98. The van der Waals surface area contributed by atoms with Gasteiger partial charge in [-0.05, 0) is 61.6 Å². The van der Waals surface area contributed by atoms with E-state index in [1.807, 2.05) is 36.4 Å². The lowest BCUT2D eigenvalue weighted by Crippen LogP contribution is -2.62. The monoisotopic (exact) mass is 449 g/mol. The Morgan fingerprint density at radius 3 is 2.21 bits per heavy atom. The van der Waals surface area contributed by atoms with Crippen LogP contribution in [0, 0.1) is 17.8 Å². The maximum absolute atomic E-state index is 13.2. The van der Waals surface area contributed by atoms with Gasteiger partial charge in [-0.25, -0.2) is 13.1 Å². The molecular weight excluding hydrogens is 425 g/mol. The summed E-state index contributed by atoms with van der Waals surface area (Å²) >= 11 is 14.2. The number of rotatable bonds is 5. The van der Waals surface area contributed by atoms with Gasteiger partial charge in [0.15, 0.2) is 0 Å². The zero-order valence-electron chi connectivity index (χ0n) is 16.1. The molecule has 6 heteroatoms. The first-order valence-corrected chi connectivity index (χ1v) is 12.5. The molecule has 2 aromatic rings. The number of alkyl halides is 2. The number of hydrogen-bond acceptors (Lipinski definition) is 2. The molecule has 1 unspecified atom stereocenters. The van der Waals surface area contributed by atoms with Gasteiger partial charge in [0.1, 0.15) is 0 Å². The lowest BCUT2D eigenvalue weighted by atomic mass is 9.49. The van der Waals surface area contributed by atoms with Crippen molar-refractivity contribution in [3.05, 3.63) is 66.2 Å². The summed E-state index contributed by atoms with van der Waals surface area (Å²) in [6.07, 6.45) is 4.71. The summed E-state index contributed by atoms with van der Waals surface area (Å²) in [6, 6.07) is 18.1. The molecule has 3 nitrogen and oxygen atoms in total. The maximum Gasteiger partial charge on any atom is 0.241 e. The third-order valence-electron chi connectivity index (χ3n) is 7.12. The van der Waals surface area contributed by atoms with E-state index >= 15 is 0 Å². The number of nitrogens with one attached hydrogen (secondary N) is 1. The summed E-state index contributed by atoms with van der Waals surface area (Å²) < 4.78 is 29.5. The summed E-state index contributed by atoms with van der Waals surface area (Å²) in [7, 11) is -3.67. The Balaban J connectivity index is 1.56. The number of sulfonamides is 1. The zero-order valence-corrected chi connectivity index (χ0v) is 18.4. The predicted octanol–water partition coefficient (Wildman–Crippen LogP) is 5.50. The third-order valence-corrected chi connectivity index (χ3v) is 9.56. The fourth-order valence-electron chi connectivity index (χ4n) is 6.41. The predicted molar refractivity (Wildman–Crippen MR) is 117 cm³/mol. The Hall–Kier alpha value is -1.07. The van der Waals surface area contributed by atoms with Crippen molar-refractivity contribution in [1.29, 1.82) is 0 Å². The van der Waals surface area contributed by atoms with E-state index in [9.17, 15) is 8.42 Å². The van der Waals surface area contributed by atoms with E-state index in [4.69, 9.17) is 23.2 Å². The Labute approximate surface area is 182 Å². The van der Waals surface area contributed by atoms with E-state index in [0.29, 0.717) is 11.8 Å². The summed E-state index contributed by atoms with van der Waals surface area (Å²) in [5.41, 5.74) is 0.966. The van der Waals surface area contributed by atoms with Crippen LogP contribution >= 0.6 is 23.2 Å². The highest BCUT2D eigenvalue weighted by Crippen LogP contribution is 2.66. The van der Waals surface area contributed by atoms with Gasteiger partial charge in [0.2, 0.25) is 10.0 Å². The van der Waals surface area contributed by atoms with Crippen LogP contribution in [0.2, 0.25) is 0 Å². The van der Waals surface area contributed by atoms with E-state index in [1.165, 1.54) is 0 Å². The molecule has 1 N–H and O–H groups in total. The fourth-order valence-corrected chi connectivity index (χ4v) is 9.18. The molecule has 4 fully saturated rings. The standard InChI is InChI=1S/C23H25Cl2NO2S/c24-22-12-16-11-18(14-22)20(23(25,13-16)15-22)21(17-7-3-1-4-8-17)26-29(27,28)19-9-5-2-6-10-19/h1-10,16,18,20-21,26H,11-15H2/t16-,18?,20+,21-,22-,23-/m0/s1. The van der Waals surface area contributed by atoms with Crippen LogP contribution in [0.25, 0.3) is 0 Å². The van der Waals surface area contributed by atoms with Crippen LogP contribution in [0.3, 0.4) is 0 Å². The van der Waals surface area contributed by atoms with Crippen LogP contribution in [0.5, 0.6) is 0 Å². The Morgan fingerprint density at radius 1 is 0.931 bits per heavy atom. The van der Waals surface area contributed by atoms with Crippen molar-refractivity contribution in [2.75, 3.05) is 0 Å². The van der Waals surface area contributed by atoms with Crippen molar-refractivity contribution in [3.8, 4) is 0 Å². The molecule has 4 aliphatic carbocycles. The second-order valence-corrected chi connectivity index (χ2v) is 12.5. The summed E-state index contributed by atoms with van der Waals surface area (Å²) in [6.45, 7) is 0. The van der Waals surface area contributed by atoms with Gasteiger partial charge in [-0.15, -0.1) is 23.2 Å². The van der Waals surface area contributed by atoms with Crippen molar-refractivity contribution in [3.63, 3.8) is 0 Å². The molecule has 6 rings (SSSR count). The molecular formula is C23H25Cl2NO2S. The maximum atomic E-state index is 13.2. The second-order valence-electron chi connectivity index (χ2n) is 9.18. The Kier molecular flexibility index (Phi) is 4.78. The molecule has 0 amide bonds. The van der Waals surface area contributed by atoms with E-state index in [2.05, 4.69) is 4.72 Å². The van der Waals surface area contributed by atoms with E-state index in [0.717, 1.165) is 37.7 Å². The molecule has 0 spiro atoms. The van der Waals surface area contributed by atoms with Crippen LogP contribution < -0.4 is 4.72 Å². The van der Waals surface area contributed by atoms with Gasteiger partial charge in [0.05, 0.1) is 15.8 Å². The lowest BCUT2D eigenvalue weighted by molar-refractivity contribution is -0.0212. The molecule has 4 saturated carbocycles. The normalized spacial score (nSPS) is 36.8. The summed E-state index contributed by atoms with van der Waals surface area (Å²) in [4.78, 5) is -0.406. The highest BCUT2D eigenvalue weighted by Gasteiger charge is 2.63. The SMILES string of the molecule is O=S(=O)(N[C@@H](c1ccccc1)[C@H]1C2C[C@H]3C[C@](Cl)(C2)C[C@@]1(Cl)C3)c1ccccc1. The highest BCUT2D eigenvalue weighted by atomic mass is 35.5. The van der Waals surface area contributed by atoms with Crippen molar-refractivity contribution < 1.29 is 8.42 Å². The molecule has 2 aromatic carbocycles. The molecule has 0 saturated heterocycles. The fraction of sp³-hybridized carbons (Fsp3) is 0.478. The van der Waals surface area contributed by atoms with Gasteiger partial charge in [-0.1, -0.05) is 48.5 Å². The topological polar surface area (TPSA) is 46.2 Å². The molecule has 0 aromatic heterocycles. The lowest BCUT2D eigenvalue weighted by Gasteiger charge is -2.63. The molecule has 6 atom stereocenters. The van der Waals surface area contributed by atoms with Crippen LogP contribution in [0.1, 0.15) is 43.7 Å². The largest absolute Gasteiger partial charge is 0.241 e. The number of hydrogen-bond donors (Lipinski definition) is 1. The minimum atomic E-state index is -3.67. The minimum Gasteiger partial charge on any atom is -0.207 e.